The highest BCUT2D eigenvalue weighted by Gasteiger charge is 2.07. The third-order valence-corrected chi connectivity index (χ3v) is 3.07. The predicted molar refractivity (Wildman–Crippen MR) is 74.9 cm³/mol. The molecule has 0 spiro atoms. The second kappa shape index (κ2) is 5.65. The smallest absolute Gasteiger partial charge is 0.126 e. The van der Waals surface area contributed by atoms with Crippen molar-refractivity contribution >= 4 is 0 Å². The van der Waals surface area contributed by atoms with Crippen molar-refractivity contribution in [3.05, 3.63) is 53.1 Å². The number of phenolic OH excluding ortho intramolecular Hbond substituents is 1. The number of aryl methyl sites for hydroxylation is 1. The van der Waals surface area contributed by atoms with Gasteiger partial charge in [-0.05, 0) is 38.1 Å². The van der Waals surface area contributed by atoms with Gasteiger partial charge in [0.2, 0.25) is 0 Å². The van der Waals surface area contributed by atoms with Crippen molar-refractivity contribution in [2.75, 3.05) is 7.11 Å². The molecule has 19 heavy (non-hydrogen) atoms. The van der Waals surface area contributed by atoms with Crippen LogP contribution in [0.1, 0.15) is 16.7 Å². The van der Waals surface area contributed by atoms with E-state index in [1.165, 1.54) is 0 Å². The summed E-state index contributed by atoms with van der Waals surface area (Å²) in [4.78, 5) is 0. The van der Waals surface area contributed by atoms with Crippen LogP contribution in [0.2, 0.25) is 0 Å². The molecule has 0 heterocycles. The van der Waals surface area contributed by atoms with E-state index in [0.29, 0.717) is 12.4 Å². The van der Waals surface area contributed by atoms with Gasteiger partial charge in [0.1, 0.15) is 23.9 Å². The van der Waals surface area contributed by atoms with Crippen LogP contribution < -0.4 is 9.47 Å². The summed E-state index contributed by atoms with van der Waals surface area (Å²) in [6, 6.07) is 11.2. The second-order valence-electron chi connectivity index (χ2n) is 4.50. The first-order chi connectivity index (χ1) is 9.11. The molecule has 2 aromatic carbocycles. The van der Waals surface area contributed by atoms with Gasteiger partial charge < -0.3 is 14.6 Å². The van der Waals surface area contributed by atoms with Gasteiger partial charge in [-0.3, -0.25) is 0 Å². The van der Waals surface area contributed by atoms with Crippen LogP contribution in [0, 0.1) is 13.8 Å². The molecule has 2 rings (SSSR count). The lowest BCUT2D eigenvalue weighted by molar-refractivity contribution is 0.293. The van der Waals surface area contributed by atoms with Gasteiger partial charge in [-0.1, -0.05) is 17.7 Å². The van der Waals surface area contributed by atoms with E-state index in [1.54, 1.807) is 19.2 Å². The van der Waals surface area contributed by atoms with Crippen molar-refractivity contribution < 1.29 is 14.6 Å². The summed E-state index contributed by atoms with van der Waals surface area (Å²) < 4.78 is 11.1. The van der Waals surface area contributed by atoms with Crippen LogP contribution >= 0.6 is 0 Å². The van der Waals surface area contributed by atoms with Gasteiger partial charge in [0.15, 0.2) is 0 Å². The molecule has 0 unspecified atom stereocenters. The minimum atomic E-state index is 0.244. The van der Waals surface area contributed by atoms with Gasteiger partial charge in [-0.2, -0.15) is 0 Å². The Balaban J connectivity index is 2.18. The number of rotatable bonds is 4. The monoisotopic (exact) mass is 258 g/mol. The summed E-state index contributed by atoms with van der Waals surface area (Å²) in [6.45, 7) is 4.27. The molecule has 0 aromatic heterocycles. The molecule has 0 atom stereocenters. The summed E-state index contributed by atoms with van der Waals surface area (Å²) in [6.07, 6.45) is 0. The van der Waals surface area contributed by atoms with Crippen molar-refractivity contribution in [1.29, 1.82) is 0 Å². The van der Waals surface area contributed by atoms with Gasteiger partial charge in [0, 0.05) is 11.1 Å². The normalized spacial score (nSPS) is 10.3. The van der Waals surface area contributed by atoms with Crippen LogP contribution in [-0.2, 0) is 6.61 Å². The topological polar surface area (TPSA) is 38.7 Å². The summed E-state index contributed by atoms with van der Waals surface area (Å²) >= 11 is 0. The molecule has 0 saturated heterocycles. The lowest BCUT2D eigenvalue weighted by Gasteiger charge is -2.13. The molecule has 0 amide bonds. The number of phenols is 1. The minimum Gasteiger partial charge on any atom is -0.508 e. The average molecular weight is 258 g/mol. The van der Waals surface area contributed by atoms with E-state index >= 15 is 0 Å². The number of benzene rings is 2. The third kappa shape index (κ3) is 2.99. The molecule has 0 aliphatic heterocycles. The Labute approximate surface area is 113 Å². The van der Waals surface area contributed by atoms with E-state index in [1.807, 2.05) is 38.1 Å². The molecule has 0 aliphatic rings. The Hall–Kier alpha value is -2.16. The molecule has 100 valence electrons. The molecule has 0 bridgehead atoms. The Morgan fingerprint density at radius 1 is 1.05 bits per heavy atom. The molecule has 0 aliphatic carbocycles. The first kappa shape index (κ1) is 13.3. The third-order valence-electron chi connectivity index (χ3n) is 3.07. The van der Waals surface area contributed by atoms with Crippen molar-refractivity contribution in [3.8, 4) is 17.2 Å². The minimum absolute atomic E-state index is 0.244. The maximum atomic E-state index is 9.64. The lowest BCUT2D eigenvalue weighted by Crippen LogP contribution is -2.00. The van der Waals surface area contributed by atoms with Crippen LogP contribution in [0.3, 0.4) is 0 Å². The predicted octanol–water partition coefficient (Wildman–Crippen LogP) is 3.60. The van der Waals surface area contributed by atoms with Gasteiger partial charge >= 0.3 is 0 Å². The number of methoxy groups -OCH3 is 1. The largest absolute Gasteiger partial charge is 0.508 e. The van der Waals surface area contributed by atoms with Crippen molar-refractivity contribution in [2.45, 2.75) is 20.5 Å². The van der Waals surface area contributed by atoms with Crippen LogP contribution in [0.5, 0.6) is 17.2 Å². The standard InChI is InChI=1S/C16H18O3/c1-11-7-8-16(18-3)13(9-11)10-19-15-6-4-5-14(17)12(15)2/h4-9,17H,10H2,1-3H3. The summed E-state index contributed by atoms with van der Waals surface area (Å²) in [5, 5.41) is 9.64. The average Bonchev–Trinajstić information content (AvgIpc) is 2.40. The maximum Gasteiger partial charge on any atom is 0.126 e. The molecular formula is C16H18O3. The van der Waals surface area contributed by atoms with E-state index in [2.05, 4.69) is 0 Å². The molecule has 3 heteroatoms. The molecule has 0 radical (unpaired) electrons. The Kier molecular flexibility index (Phi) is 3.95. The second-order valence-corrected chi connectivity index (χ2v) is 4.50. The fourth-order valence-corrected chi connectivity index (χ4v) is 1.93. The van der Waals surface area contributed by atoms with E-state index in [-0.39, 0.29) is 5.75 Å². The van der Waals surface area contributed by atoms with Crippen LogP contribution in [-0.4, -0.2) is 12.2 Å². The Morgan fingerprint density at radius 3 is 2.58 bits per heavy atom. The zero-order valence-electron chi connectivity index (χ0n) is 11.4. The molecule has 3 nitrogen and oxygen atoms in total. The fourth-order valence-electron chi connectivity index (χ4n) is 1.93. The number of ether oxygens (including phenoxy) is 2. The van der Waals surface area contributed by atoms with Crippen molar-refractivity contribution in [2.24, 2.45) is 0 Å². The maximum absolute atomic E-state index is 9.64. The van der Waals surface area contributed by atoms with E-state index in [4.69, 9.17) is 9.47 Å². The Bertz CT molecular complexity index is 576. The number of hydrogen-bond donors (Lipinski definition) is 1. The van der Waals surface area contributed by atoms with Gasteiger partial charge in [-0.15, -0.1) is 0 Å². The number of hydrogen-bond acceptors (Lipinski definition) is 3. The van der Waals surface area contributed by atoms with Crippen molar-refractivity contribution in [1.82, 2.24) is 0 Å². The van der Waals surface area contributed by atoms with Crippen LogP contribution in [0.15, 0.2) is 36.4 Å². The number of aromatic hydroxyl groups is 1. The SMILES string of the molecule is COc1ccc(C)cc1COc1cccc(O)c1C. The van der Waals surface area contributed by atoms with Gasteiger partial charge in [-0.25, -0.2) is 0 Å². The quantitative estimate of drug-likeness (QED) is 0.910. The molecule has 0 fully saturated rings. The van der Waals surface area contributed by atoms with E-state index in [0.717, 1.165) is 22.4 Å². The highest BCUT2D eigenvalue weighted by atomic mass is 16.5. The fraction of sp³-hybridized carbons (Fsp3) is 0.250. The zero-order valence-corrected chi connectivity index (χ0v) is 11.4. The zero-order chi connectivity index (χ0) is 13.8. The Morgan fingerprint density at radius 2 is 1.84 bits per heavy atom. The summed E-state index contributed by atoms with van der Waals surface area (Å²) in [7, 11) is 1.65. The molecule has 2 aromatic rings. The van der Waals surface area contributed by atoms with Gasteiger partial charge in [0.25, 0.3) is 0 Å². The van der Waals surface area contributed by atoms with Crippen LogP contribution in [0.25, 0.3) is 0 Å². The first-order valence-corrected chi connectivity index (χ1v) is 6.16. The first-order valence-electron chi connectivity index (χ1n) is 6.16. The van der Waals surface area contributed by atoms with Crippen LogP contribution in [0.4, 0.5) is 0 Å². The highest BCUT2D eigenvalue weighted by Crippen LogP contribution is 2.28. The molecular weight excluding hydrogens is 240 g/mol. The van der Waals surface area contributed by atoms with Crippen molar-refractivity contribution in [3.63, 3.8) is 0 Å². The highest BCUT2D eigenvalue weighted by molar-refractivity contribution is 5.43. The molecule has 1 N–H and O–H groups in total. The summed E-state index contributed by atoms with van der Waals surface area (Å²) in [5.74, 6) is 1.74. The molecule has 0 saturated carbocycles. The summed E-state index contributed by atoms with van der Waals surface area (Å²) in [5.41, 5.74) is 2.89. The van der Waals surface area contributed by atoms with E-state index in [9.17, 15) is 5.11 Å². The lowest BCUT2D eigenvalue weighted by atomic mass is 10.1. The van der Waals surface area contributed by atoms with E-state index < -0.39 is 0 Å². The van der Waals surface area contributed by atoms with Gasteiger partial charge in [0.05, 0.1) is 7.11 Å².